The number of hydrogen-bond acceptors (Lipinski definition) is 1. The summed E-state index contributed by atoms with van der Waals surface area (Å²) < 4.78 is 2.35. The predicted octanol–water partition coefficient (Wildman–Crippen LogP) is 8.34. The predicted molar refractivity (Wildman–Crippen MR) is 159 cm³/mol. The third kappa shape index (κ3) is 5.02. The molecule has 0 saturated heterocycles. The number of carbonyl (C=O) groups is 1. The van der Waals surface area contributed by atoms with Crippen LogP contribution in [-0.2, 0) is 13.0 Å². The van der Waals surface area contributed by atoms with Crippen molar-refractivity contribution in [3.05, 3.63) is 130 Å². The minimum Gasteiger partial charge on any atom is -0.346 e. The fourth-order valence-electron chi connectivity index (χ4n) is 5.27. The highest BCUT2D eigenvalue weighted by molar-refractivity contribution is 5.99. The van der Waals surface area contributed by atoms with E-state index in [1.54, 1.807) is 0 Å². The Balaban J connectivity index is 1.36. The van der Waals surface area contributed by atoms with E-state index >= 15 is 0 Å². The number of nitrogens with one attached hydrogen (secondary N) is 1. The van der Waals surface area contributed by atoms with Crippen LogP contribution in [0.4, 0.5) is 0 Å². The molecule has 0 radical (unpaired) electrons. The highest BCUT2D eigenvalue weighted by Gasteiger charge is 2.16. The van der Waals surface area contributed by atoms with Gasteiger partial charge >= 0.3 is 0 Å². The van der Waals surface area contributed by atoms with Crippen LogP contribution in [0.5, 0.6) is 0 Å². The maximum absolute atomic E-state index is 13.1. The van der Waals surface area contributed by atoms with Gasteiger partial charge in [-0.15, -0.1) is 0 Å². The van der Waals surface area contributed by atoms with Crippen LogP contribution in [0.1, 0.15) is 63.8 Å². The van der Waals surface area contributed by atoms with Crippen molar-refractivity contribution in [1.29, 1.82) is 0 Å². The van der Waals surface area contributed by atoms with E-state index in [-0.39, 0.29) is 11.9 Å². The molecule has 0 aliphatic carbocycles. The number of rotatable bonds is 7. The van der Waals surface area contributed by atoms with E-state index in [0.717, 1.165) is 29.4 Å². The molecule has 3 nitrogen and oxygen atoms in total. The van der Waals surface area contributed by atoms with Crippen LogP contribution in [0.15, 0.2) is 91.0 Å². The molecule has 192 valence electrons. The van der Waals surface area contributed by atoms with Gasteiger partial charge in [-0.05, 0) is 91.3 Å². The first-order chi connectivity index (χ1) is 18.4. The van der Waals surface area contributed by atoms with E-state index < -0.39 is 0 Å². The first-order valence-electron chi connectivity index (χ1n) is 13.5. The van der Waals surface area contributed by atoms with Crippen molar-refractivity contribution < 1.29 is 4.79 Å². The van der Waals surface area contributed by atoms with Crippen LogP contribution in [0, 0.1) is 20.8 Å². The maximum atomic E-state index is 13.1. The van der Waals surface area contributed by atoms with Gasteiger partial charge in [-0.3, -0.25) is 4.79 Å². The summed E-state index contributed by atoms with van der Waals surface area (Å²) in [4.78, 5) is 13.1. The zero-order valence-electron chi connectivity index (χ0n) is 23.0. The van der Waals surface area contributed by atoms with E-state index in [4.69, 9.17) is 0 Å². The average molecular weight is 501 g/mol. The first kappa shape index (κ1) is 25.5. The SMILES string of the molecule is CCc1ccc(C(C)NC(=O)c2ccc3c(c2)c(C)c(C)n3Cc2ccc(-c3ccccc3C)cc2)cc1. The molecule has 0 aliphatic rings. The lowest BCUT2D eigenvalue weighted by atomic mass is 9.99. The summed E-state index contributed by atoms with van der Waals surface area (Å²) in [6.45, 7) is 11.4. The fraction of sp³-hybridized carbons (Fsp3) is 0.229. The molecule has 5 aromatic rings. The largest absolute Gasteiger partial charge is 0.346 e. The third-order valence-electron chi connectivity index (χ3n) is 7.89. The van der Waals surface area contributed by atoms with Gasteiger partial charge in [0.1, 0.15) is 0 Å². The molecule has 0 bridgehead atoms. The molecule has 1 aromatic heterocycles. The van der Waals surface area contributed by atoms with Crippen LogP contribution in [0.3, 0.4) is 0 Å². The lowest BCUT2D eigenvalue weighted by Crippen LogP contribution is -2.26. The van der Waals surface area contributed by atoms with Crippen molar-refractivity contribution in [2.75, 3.05) is 0 Å². The summed E-state index contributed by atoms with van der Waals surface area (Å²) in [6, 6.07) is 31.9. The number of carbonyl (C=O) groups excluding carboxylic acids is 1. The first-order valence-corrected chi connectivity index (χ1v) is 13.5. The standard InChI is InChI=1S/C35H36N2O/c1-6-27-11-15-29(16-12-27)25(4)36-35(38)31-19-20-34-33(21-31)24(3)26(5)37(34)22-28-13-17-30(18-14-28)32-10-8-7-9-23(32)2/h7-21,25H,6,22H2,1-5H3,(H,36,38). The Labute approximate surface area is 226 Å². The van der Waals surface area contributed by atoms with Crippen molar-refractivity contribution in [3.63, 3.8) is 0 Å². The summed E-state index contributed by atoms with van der Waals surface area (Å²) in [7, 11) is 0. The second kappa shape index (κ2) is 10.7. The fourth-order valence-corrected chi connectivity index (χ4v) is 5.27. The molecule has 38 heavy (non-hydrogen) atoms. The number of fused-ring (bicyclic) bond motifs is 1. The Kier molecular flexibility index (Phi) is 7.20. The number of aromatic nitrogens is 1. The molecule has 1 N–H and O–H groups in total. The second-order valence-corrected chi connectivity index (χ2v) is 10.3. The molecular weight excluding hydrogens is 464 g/mol. The van der Waals surface area contributed by atoms with Crippen molar-refractivity contribution in [3.8, 4) is 11.1 Å². The van der Waals surface area contributed by atoms with E-state index in [0.29, 0.717) is 5.56 Å². The van der Waals surface area contributed by atoms with Gasteiger partial charge in [-0.2, -0.15) is 0 Å². The van der Waals surface area contributed by atoms with E-state index in [2.05, 4.69) is 116 Å². The quantitative estimate of drug-likeness (QED) is 0.239. The highest BCUT2D eigenvalue weighted by Crippen LogP contribution is 2.29. The van der Waals surface area contributed by atoms with E-state index in [1.807, 2.05) is 19.1 Å². The van der Waals surface area contributed by atoms with Gasteiger partial charge in [0.25, 0.3) is 5.91 Å². The molecule has 1 amide bonds. The van der Waals surface area contributed by atoms with Crippen molar-refractivity contribution in [2.45, 2.75) is 53.6 Å². The molecule has 0 fully saturated rings. The Bertz CT molecular complexity index is 1590. The lowest BCUT2D eigenvalue weighted by Gasteiger charge is -2.15. The van der Waals surface area contributed by atoms with Crippen LogP contribution in [0.2, 0.25) is 0 Å². The molecule has 1 unspecified atom stereocenters. The monoisotopic (exact) mass is 500 g/mol. The number of hydrogen-bond donors (Lipinski definition) is 1. The van der Waals surface area contributed by atoms with Crippen LogP contribution >= 0.6 is 0 Å². The summed E-state index contributed by atoms with van der Waals surface area (Å²) in [5.41, 5.74) is 11.8. The van der Waals surface area contributed by atoms with Gasteiger partial charge in [0.05, 0.1) is 6.04 Å². The number of amides is 1. The minimum absolute atomic E-state index is 0.0458. The highest BCUT2D eigenvalue weighted by atomic mass is 16.1. The van der Waals surface area contributed by atoms with Gasteiger partial charge in [0.15, 0.2) is 0 Å². The molecular formula is C35H36N2O. The van der Waals surface area contributed by atoms with Crippen LogP contribution in [-0.4, -0.2) is 10.5 Å². The molecule has 4 aromatic carbocycles. The molecule has 0 saturated carbocycles. The molecule has 1 atom stereocenters. The van der Waals surface area contributed by atoms with Gasteiger partial charge in [0.2, 0.25) is 0 Å². The Morgan fingerprint density at radius 1 is 0.842 bits per heavy atom. The van der Waals surface area contributed by atoms with E-state index in [9.17, 15) is 4.79 Å². The molecule has 0 spiro atoms. The third-order valence-corrected chi connectivity index (χ3v) is 7.89. The van der Waals surface area contributed by atoms with Crippen molar-refractivity contribution >= 4 is 16.8 Å². The average Bonchev–Trinajstić information content (AvgIpc) is 3.18. The summed E-state index contributed by atoms with van der Waals surface area (Å²) >= 11 is 0. The smallest absolute Gasteiger partial charge is 0.251 e. The Hall–Kier alpha value is -4.11. The summed E-state index contributed by atoms with van der Waals surface area (Å²) in [5, 5.41) is 4.30. The Morgan fingerprint density at radius 2 is 1.53 bits per heavy atom. The van der Waals surface area contributed by atoms with Crippen LogP contribution < -0.4 is 5.32 Å². The maximum Gasteiger partial charge on any atom is 0.251 e. The van der Waals surface area contributed by atoms with Crippen LogP contribution in [0.25, 0.3) is 22.0 Å². The minimum atomic E-state index is -0.0563. The van der Waals surface area contributed by atoms with Crippen molar-refractivity contribution in [1.82, 2.24) is 9.88 Å². The van der Waals surface area contributed by atoms with E-state index in [1.165, 1.54) is 39.1 Å². The van der Waals surface area contributed by atoms with Gasteiger partial charge in [0, 0.05) is 28.7 Å². The summed E-state index contributed by atoms with van der Waals surface area (Å²) in [5.74, 6) is -0.0458. The lowest BCUT2D eigenvalue weighted by molar-refractivity contribution is 0.0940. The topological polar surface area (TPSA) is 34.0 Å². The van der Waals surface area contributed by atoms with Crippen molar-refractivity contribution in [2.24, 2.45) is 0 Å². The van der Waals surface area contributed by atoms with Gasteiger partial charge in [-0.25, -0.2) is 0 Å². The normalized spacial score (nSPS) is 12.0. The Morgan fingerprint density at radius 3 is 2.21 bits per heavy atom. The molecule has 5 rings (SSSR count). The van der Waals surface area contributed by atoms with Gasteiger partial charge in [-0.1, -0.05) is 79.7 Å². The zero-order valence-corrected chi connectivity index (χ0v) is 23.0. The second-order valence-electron chi connectivity index (χ2n) is 10.3. The van der Waals surface area contributed by atoms with Gasteiger partial charge < -0.3 is 9.88 Å². The molecule has 0 aliphatic heterocycles. The number of nitrogens with zero attached hydrogens (tertiary/aromatic N) is 1. The molecule has 1 heterocycles. The molecule has 3 heteroatoms. The zero-order chi connectivity index (χ0) is 26.8. The number of aryl methyl sites for hydroxylation is 3. The number of benzene rings is 4. The summed E-state index contributed by atoms with van der Waals surface area (Å²) in [6.07, 6.45) is 1.01.